The first-order valence-corrected chi connectivity index (χ1v) is 5.18. The minimum Gasteiger partial charge on any atom is -0.508 e. The number of hydrogen-bond acceptors (Lipinski definition) is 3. The van der Waals surface area contributed by atoms with E-state index < -0.39 is 5.92 Å². The molecule has 1 unspecified atom stereocenters. The molecule has 0 heterocycles. The molecule has 0 saturated heterocycles. The molecule has 3 heteroatoms. The SMILES string of the molecule is CC(C)C(c1ccc(O)cc1)C(C#N)C#N. The lowest BCUT2D eigenvalue weighted by Gasteiger charge is -2.21. The van der Waals surface area contributed by atoms with Gasteiger partial charge in [0.2, 0.25) is 0 Å². The fourth-order valence-electron chi connectivity index (χ4n) is 1.85. The summed E-state index contributed by atoms with van der Waals surface area (Å²) in [5.74, 6) is -0.370. The Hall–Kier alpha value is -2.00. The minimum absolute atomic E-state index is 0.115. The largest absolute Gasteiger partial charge is 0.508 e. The van der Waals surface area contributed by atoms with Crippen LogP contribution in [0.3, 0.4) is 0 Å². The lowest BCUT2D eigenvalue weighted by molar-refractivity contribution is 0.450. The van der Waals surface area contributed by atoms with Crippen molar-refractivity contribution in [2.24, 2.45) is 11.8 Å². The highest BCUT2D eigenvalue weighted by atomic mass is 16.3. The molecule has 0 bridgehead atoms. The second-order valence-electron chi connectivity index (χ2n) is 4.10. The molecule has 1 aromatic carbocycles. The number of phenolic OH excluding ortho intramolecular Hbond substituents is 1. The lowest BCUT2D eigenvalue weighted by atomic mass is 9.79. The van der Waals surface area contributed by atoms with Crippen molar-refractivity contribution in [2.45, 2.75) is 19.8 Å². The zero-order valence-electron chi connectivity index (χ0n) is 9.38. The van der Waals surface area contributed by atoms with Gasteiger partial charge in [0, 0.05) is 5.92 Å². The summed E-state index contributed by atoms with van der Waals surface area (Å²) in [6.07, 6.45) is 0. The second kappa shape index (κ2) is 5.19. The van der Waals surface area contributed by atoms with E-state index in [4.69, 9.17) is 10.5 Å². The first kappa shape index (κ1) is 12.1. The van der Waals surface area contributed by atoms with Crippen LogP contribution in [0.25, 0.3) is 0 Å². The maximum absolute atomic E-state index is 9.20. The molecule has 0 aliphatic carbocycles. The van der Waals surface area contributed by atoms with E-state index >= 15 is 0 Å². The van der Waals surface area contributed by atoms with E-state index in [1.807, 2.05) is 26.0 Å². The highest BCUT2D eigenvalue weighted by molar-refractivity contribution is 5.31. The summed E-state index contributed by atoms with van der Waals surface area (Å²) in [6, 6.07) is 10.7. The highest BCUT2D eigenvalue weighted by Gasteiger charge is 2.25. The molecule has 0 saturated carbocycles. The monoisotopic (exact) mass is 214 g/mol. The summed E-state index contributed by atoms with van der Waals surface area (Å²) in [5.41, 5.74) is 0.918. The van der Waals surface area contributed by atoms with Crippen molar-refractivity contribution in [1.82, 2.24) is 0 Å². The van der Waals surface area contributed by atoms with Crippen molar-refractivity contribution in [3.8, 4) is 17.9 Å². The first-order chi connectivity index (χ1) is 7.60. The molecule has 1 aromatic rings. The Kier molecular flexibility index (Phi) is 3.91. The fraction of sp³-hybridized carbons (Fsp3) is 0.385. The van der Waals surface area contributed by atoms with Gasteiger partial charge in [0.15, 0.2) is 0 Å². The quantitative estimate of drug-likeness (QED) is 0.841. The van der Waals surface area contributed by atoms with Crippen molar-refractivity contribution < 1.29 is 5.11 Å². The van der Waals surface area contributed by atoms with Gasteiger partial charge in [-0.15, -0.1) is 0 Å². The molecule has 1 atom stereocenters. The van der Waals surface area contributed by atoms with E-state index in [0.717, 1.165) is 5.56 Å². The van der Waals surface area contributed by atoms with Gasteiger partial charge >= 0.3 is 0 Å². The van der Waals surface area contributed by atoms with Crippen LogP contribution >= 0.6 is 0 Å². The number of phenols is 1. The van der Waals surface area contributed by atoms with Gasteiger partial charge in [-0.1, -0.05) is 26.0 Å². The van der Waals surface area contributed by atoms with Crippen molar-refractivity contribution >= 4 is 0 Å². The van der Waals surface area contributed by atoms with Crippen LogP contribution in [0.4, 0.5) is 0 Å². The van der Waals surface area contributed by atoms with E-state index in [-0.39, 0.29) is 17.6 Å². The molecule has 1 N–H and O–H groups in total. The molecule has 0 radical (unpaired) electrons. The fourth-order valence-corrected chi connectivity index (χ4v) is 1.85. The molecule has 82 valence electrons. The average Bonchev–Trinajstić information content (AvgIpc) is 2.27. The van der Waals surface area contributed by atoms with Crippen LogP contribution in [-0.2, 0) is 0 Å². The van der Waals surface area contributed by atoms with Gasteiger partial charge in [-0.2, -0.15) is 10.5 Å². The van der Waals surface area contributed by atoms with Gasteiger partial charge in [0.05, 0.1) is 12.1 Å². The summed E-state index contributed by atoms with van der Waals surface area (Å²) in [4.78, 5) is 0. The van der Waals surface area contributed by atoms with Gasteiger partial charge in [-0.05, 0) is 23.6 Å². The standard InChI is InChI=1S/C13H14N2O/c1-9(2)13(11(7-14)8-15)10-3-5-12(16)6-4-10/h3-6,9,11,13,16H,1-2H3. The Bertz CT molecular complexity index is 409. The van der Waals surface area contributed by atoms with Crippen molar-refractivity contribution in [2.75, 3.05) is 0 Å². The molecular formula is C13H14N2O. The van der Waals surface area contributed by atoms with Gasteiger partial charge in [-0.3, -0.25) is 0 Å². The summed E-state index contributed by atoms with van der Waals surface area (Å²) >= 11 is 0. The summed E-state index contributed by atoms with van der Waals surface area (Å²) in [7, 11) is 0. The van der Waals surface area contributed by atoms with E-state index in [1.54, 1.807) is 24.3 Å². The Labute approximate surface area is 95.6 Å². The van der Waals surface area contributed by atoms with Crippen LogP contribution in [0.5, 0.6) is 5.75 Å². The smallest absolute Gasteiger partial charge is 0.140 e. The van der Waals surface area contributed by atoms with Gasteiger partial charge < -0.3 is 5.11 Å². The molecule has 0 aliphatic heterocycles. The molecule has 3 nitrogen and oxygen atoms in total. The topological polar surface area (TPSA) is 67.8 Å². The molecule has 16 heavy (non-hydrogen) atoms. The predicted octanol–water partition coefficient (Wildman–Crippen LogP) is 2.80. The van der Waals surface area contributed by atoms with Crippen LogP contribution < -0.4 is 0 Å². The summed E-state index contributed by atoms with van der Waals surface area (Å²) in [6.45, 7) is 3.97. The number of benzene rings is 1. The van der Waals surface area contributed by atoms with E-state index in [0.29, 0.717) is 0 Å². The Morgan fingerprint density at radius 3 is 1.94 bits per heavy atom. The Morgan fingerprint density at radius 1 is 1.06 bits per heavy atom. The average molecular weight is 214 g/mol. The lowest BCUT2D eigenvalue weighted by Crippen LogP contribution is -2.15. The molecule has 1 rings (SSSR count). The maximum Gasteiger partial charge on any atom is 0.140 e. The maximum atomic E-state index is 9.20. The van der Waals surface area contributed by atoms with Crippen LogP contribution in [0.2, 0.25) is 0 Å². The molecule has 0 amide bonds. The highest BCUT2D eigenvalue weighted by Crippen LogP contribution is 2.32. The first-order valence-electron chi connectivity index (χ1n) is 5.18. The van der Waals surface area contributed by atoms with Crippen molar-refractivity contribution in [3.05, 3.63) is 29.8 Å². The van der Waals surface area contributed by atoms with E-state index in [1.165, 1.54) is 0 Å². The number of rotatable bonds is 3. The normalized spacial score (nSPS) is 12.1. The van der Waals surface area contributed by atoms with Crippen LogP contribution in [0.1, 0.15) is 25.3 Å². The van der Waals surface area contributed by atoms with Crippen LogP contribution in [0, 0.1) is 34.5 Å². The van der Waals surface area contributed by atoms with Crippen LogP contribution in [0.15, 0.2) is 24.3 Å². The van der Waals surface area contributed by atoms with Crippen LogP contribution in [-0.4, -0.2) is 5.11 Å². The third-order valence-corrected chi connectivity index (χ3v) is 2.63. The predicted molar refractivity (Wildman–Crippen MR) is 60.4 cm³/mol. The zero-order valence-corrected chi connectivity index (χ0v) is 9.38. The molecule has 0 fully saturated rings. The third kappa shape index (κ3) is 2.52. The Balaban J connectivity index is 3.09. The zero-order chi connectivity index (χ0) is 12.1. The third-order valence-electron chi connectivity index (χ3n) is 2.63. The Morgan fingerprint density at radius 2 is 1.56 bits per heavy atom. The molecule has 0 aromatic heterocycles. The second-order valence-corrected chi connectivity index (χ2v) is 4.10. The number of hydrogen-bond donors (Lipinski definition) is 1. The molecular weight excluding hydrogens is 200 g/mol. The van der Waals surface area contributed by atoms with Gasteiger partial charge in [0.1, 0.15) is 11.7 Å². The van der Waals surface area contributed by atoms with E-state index in [9.17, 15) is 5.11 Å². The molecule has 0 spiro atoms. The minimum atomic E-state index is -0.649. The number of aromatic hydroxyl groups is 1. The van der Waals surface area contributed by atoms with Gasteiger partial charge in [0.25, 0.3) is 0 Å². The number of nitrogens with zero attached hydrogens (tertiary/aromatic N) is 2. The van der Waals surface area contributed by atoms with Gasteiger partial charge in [-0.25, -0.2) is 0 Å². The van der Waals surface area contributed by atoms with Crippen molar-refractivity contribution in [3.63, 3.8) is 0 Å². The summed E-state index contributed by atoms with van der Waals surface area (Å²) < 4.78 is 0. The van der Waals surface area contributed by atoms with E-state index in [2.05, 4.69) is 0 Å². The number of nitriles is 2. The van der Waals surface area contributed by atoms with Crippen molar-refractivity contribution in [1.29, 1.82) is 10.5 Å². The molecule has 0 aliphatic rings. The summed E-state index contributed by atoms with van der Waals surface area (Å²) in [5, 5.41) is 27.1.